The van der Waals surface area contributed by atoms with E-state index in [0.717, 1.165) is 17.7 Å². The molecular weight excluding hydrogens is 174 g/mol. The Balaban J connectivity index is 2.33. The summed E-state index contributed by atoms with van der Waals surface area (Å²) in [4.78, 5) is 4.33. The highest BCUT2D eigenvalue weighted by atomic mass is 16.5. The summed E-state index contributed by atoms with van der Waals surface area (Å²) >= 11 is 0. The van der Waals surface area contributed by atoms with E-state index in [9.17, 15) is 0 Å². The molecule has 2 heterocycles. The van der Waals surface area contributed by atoms with Crippen molar-refractivity contribution in [2.45, 2.75) is 19.4 Å². The minimum absolute atomic E-state index is 0.302. The maximum Gasteiger partial charge on any atom is 0.123 e. The summed E-state index contributed by atoms with van der Waals surface area (Å²) in [6, 6.07) is 8.13. The van der Waals surface area contributed by atoms with Crippen molar-refractivity contribution in [2.75, 3.05) is 0 Å². The molecular formula is C12H11NO. The second kappa shape index (κ2) is 2.71. The van der Waals surface area contributed by atoms with Crippen LogP contribution in [0.1, 0.15) is 12.5 Å². The van der Waals surface area contributed by atoms with Crippen LogP contribution in [0.5, 0.6) is 5.75 Å². The fourth-order valence-electron chi connectivity index (χ4n) is 2.06. The Morgan fingerprint density at radius 2 is 2.29 bits per heavy atom. The summed E-state index contributed by atoms with van der Waals surface area (Å²) in [5, 5.41) is 1.23. The molecule has 0 fully saturated rings. The third-order valence-electron chi connectivity index (χ3n) is 2.67. The first kappa shape index (κ1) is 7.80. The third-order valence-corrected chi connectivity index (χ3v) is 2.67. The molecule has 14 heavy (non-hydrogen) atoms. The van der Waals surface area contributed by atoms with Gasteiger partial charge < -0.3 is 4.74 Å². The van der Waals surface area contributed by atoms with Crippen LogP contribution < -0.4 is 4.74 Å². The number of aromatic nitrogens is 1. The minimum Gasteiger partial charge on any atom is -0.490 e. The van der Waals surface area contributed by atoms with E-state index in [-0.39, 0.29) is 0 Å². The lowest BCUT2D eigenvalue weighted by Gasteiger charge is -2.02. The molecule has 0 bridgehead atoms. The molecule has 0 amide bonds. The summed E-state index contributed by atoms with van der Waals surface area (Å²) in [5.74, 6) is 1.03. The topological polar surface area (TPSA) is 22.1 Å². The lowest BCUT2D eigenvalue weighted by molar-refractivity contribution is 0.254. The standard InChI is InChI=1S/C12H11NO/c1-8-7-10-9-3-2-6-13-11(9)4-5-12(10)14-8/h2-6,8H,7H2,1H3. The van der Waals surface area contributed by atoms with Crippen molar-refractivity contribution in [1.82, 2.24) is 4.98 Å². The Kier molecular flexibility index (Phi) is 1.51. The normalized spacial score (nSPS) is 19.4. The fraction of sp³-hybridized carbons (Fsp3) is 0.250. The Morgan fingerprint density at radius 1 is 1.36 bits per heavy atom. The summed E-state index contributed by atoms with van der Waals surface area (Å²) < 4.78 is 5.69. The summed E-state index contributed by atoms with van der Waals surface area (Å²) in [5.41, 5.74) is 2.37. The van der Waals surface area contributed by atoms with Crippen LogP contribution in [-0.4, -0.2) is 11.1 Å². The molecule has 2 heteroatoms. The van der Waals surface area contributed by atoms with Crippen LogP contribution in [0.3, 0.4) is 0 Å². The summed E-state index contributed by atoms with van der Waals surface area (Å²) in [6.45, 7) is 2.10. The van der Waals surface area contributed by atoms with Crippen LogP contribution in [0.25, 0.3) is 10.9 Å². The maximum atomic E-state index is 5.69. The van der Waals surface area contributed by atoms with E-state index >= 15 is 0 Å². The van der Waals surface area contributed by atoms with Gasteiger partial charge in [0.1, 0.15) is 11.9 Å². The molecule has 1 aliphatic heterocycles. The molecule has 1 aromatic heterocycles. The molecule has 0 saturated carbocycles. The van der Waals surface area contributed by atoms with Gasteiger partial charge in [-0.2, -0.15) is 0 Å². The minimum atomic E-state index is 0.302. The Bertz CT molecular complexity index is 493. The third kappa shape index (κ3) is 1.00. The quantitative estimate of drug-likeness (QED) is 0.629. The highest BCUT2D eigenvalue weighted by molar-refractivity contribution is 5.84. The molecule has 0 radical (unpaired) electrons. The first-order valence-electron chi connectivity index (χ1n) is 4.88. The summed E-state index contributed by atoms with van der Waals surface area (Å²) in [7, 11) is 0. The van der Waals surface area contributed by atoms with Crippen molar-refractivity contribution in [2.24, 2.45) is 0 Å². The number of rotatable bonds is 0. The van der Waals surface area contributed by atoms with E-state index < -0.39 is 0 Å². The fourth-order valence-corrected chi connectivity index (χ4v) is 2.06. The predicted octanol–water partition coefficient (Wildman–Crippen LogP) is 2.56. The van der Waals surface area contributed by atoms with E-state index in [4.69, 9.17) is 4.74 Å². The first-order valence-corrected chi connectivity index (χ1v) is 4.88. The maximum absolute atomic E-state index is 5.69. The number of fused-ring (bicyclic) bond motifs is 3. The zero-order chi connectivity index (χ0) is 9.54. The van der Waals surface area contributed by atoms with E-state index in [1.54, 1.807) is 0 Å². The van der Waals surface area contributed by atoms with Crippen molar-refractivity contribution in [3.8, 4) is 5.75 Å². The Labute approximate surface area is 82.5 Å². The van der Waals surface area contributed by atoms with Gasteiger partial charge in [-0.3, -0.25) is 4.98 Å². The molecule has 1 unspecified atom stereocenters. The van der Waals surface area contributed by atoms with E-state index in [2.05, 4.69) is 18.0 Å². The number of pyridine rings is 1. The molecule has 0 saturated heterocycles. The van der Waals surface area contributed by atoms with Gasteiger partial charge in [0.2, 0.25) is 0 Å². The van der Waals surface area contributed by atoms with Crippen molar-refractivity contribution in [1.29, 1.82) is 0 Å². The average molecular weight is 185 g/mol. The first-order chi connectivity index (χ1) is 6.84. The van der Waals surface area contributed by atoms with Gasteiger partial charge in [0.25, 0.3) is 0 Å². The SMILES string of the molecule is CC1Cc2c(ccc3ncccc23)O1. The lowest BCUT2D eigenvalue weighted by atomic mass is 10.0. The van der Waals surface area contributed by atoms with Crippen LogP contribution in [0.4, 0.5) is 0 Å². The zero-order valence-electron chi connectivity index (χ0n) is 8.03. The highest BCUT2D eigenvalue weighted by Crippen LogP contribution is 2.33. The predicted molar refractivity (Wildman–Crippen MR) is 55.5 cm³/mol. The van der Waals surface area contributed by atoms with Crippen molar-refractivity contribution in [3.63, 3.8) is 0 Å². The van der Waals surface area contributed by atoms with E-state index in [1.165, 1.54) is 10.9 Å². The Hall–Kier alpha value is -1.57. The number of nitrogens with zero attached hydrogens (tertiary/aromatic N) is 1. The monoisotopic (exact) mass is 185 g/mol. The van der Waals surface area contributed by atoms with Crippen molar-refractivity contribution >= 4 is 10.9 Å². The molecule has 0 aliphatic carbocycles. The molecule has 2 aromatic rings. The molecule has 70 valence electrons. The van der Waals surface area contributed by atoms with Crippen LogP contribution in [0.2, 0.25) is 0 Å². The highest BCUT2D eigenvalue weighted by Gasteiger charge is 2.20. The lowest BCUT2D eigenvalue weighted by Crippen LogP contribution is -2.05. The van der Waals surface area contributed by atoms with Crippen LogP contribution in [-0.2, 0) is 6.42 Å². The Morgan fingerprint density at radius 3 is 3.21 bits per heavy atom. The second-order valence-corrected chi connectivity index (χ2v) is 3.74. The van der Waals surface area contributed by atoms with Crippen molar-refractivity contribution in [3.05, 3.63) is 36.0 Å². The van der Waals surface area contributed by atoms with Gasteiger partial charge in [0.05, 0.1) is 5.52 Å². The van der Waals surface area contributed by atoms with Gasteiger partial charge in [-0.25, -0.2) is 0 Å². The molecule has 1 aliphatic rings. The molecule has 2 nitrogen and oxygen atoms in total. The second-order valence-electron chi connectivity index (χ2n) is 3.74. The number of hydrogen-bond donors (Lipinski definition) is 0. The van der Waals surface area contributed by atoms with Gasteiger partial charge in [-0.1, -0.05) is 6.07 Å². The van der Waals surface area contributed by atoms with Gasteiger partial charge in [-0.05, 0) is 25.1 Å². The number of hydrogen-bond acceptors (Lipinski definition) is 2. The molecule has 0 spiro atoms. The van der Waals surface area contributed by atoms with Gasteiger partial charge >= 0.3 is 0 Å². The summed E-state index contributed by atoms with van der Waals surface area (Å²) in [6.07, 6.45) is 3.13. The van der Waals surface area contributed by atoms with Crippen molar-refractivity contribution < 1.29 is 4.74 Å². The zero-order valence-corrected chi connectivity index (χ0v) is 8.03. The van der Waals surface area contributed by atoms with Gasteiger partial charge in [0, 0.05) is 23.6 Å². The van der Waals surface area contributed by atoms with Crippen LogP contribution >= 0.6 is 0 Å². The van der Waals surface area contributed by atoms with Crippen LogP contribution in [0.15, 0.2) is 30.5 Å². The molecule has 3 rings (SSSR count). The number of benzene rings is 1. The molecule has 0 N–H and O–H groups in total. The number of ether oxygens (including phenoxy) is 1. The van der Waals surface area contributed by atoms with Crippen LogP contribution in [0, 0.1) is 0 Å². The van der Waals surface area contributed by atoms with E-state index in [1.807, 2.05) is 24.4 Å². The molecule has 1 atom stereocenters. The average Bonchev–Trinajstić information content (AvgIpc) is 2.59. The van der Waals surface area contributed by atoms with Gasteiger partial charge in [-0.15, -0.1) is 0 Å². The van der Waals surface area contributed by atoms with Gasteiger partial charge in [0.15, 0.2) is 0 Å². The van der Waals surface area contributed by atoms with E-state index in [0.29, 0.717) is 6.10 Å². The smallest absolute Gasteiger partial charge is 0.123 e. The molecule has 1 aromatic carbocycles. The largest absolute Gasteiger partial charge is 0.490 e.